The Balaban J connectivity index is 1.26. The first kappa shape index (κ1) is 21.5. The lowest BCUT2D eigenvalue weighted by atomic mass is 9.53. The predicted molar refractivity (Wildman–Crippen MR) is 132 cm³/mol. The number of rotatable bonds is 2. The van der Waals surface area contributed by atoms with Crippen LogP contribution in [0.1, 0.15) is 118 Å². The average molecular weight is 425 g/mol. The molecule has 0 aliphatic heterocycles. The molecule has 12 unspecified atom stereocenters. The molecular formula is C31H52. The van der Waals surface area contributed by atoms with E-state index in [0.717, 1.165) is 71.0 Å². The van der Waals surface area contributed by atoms with E-state index >= 15 is 0 Å². The van der Waals surface area contributed by atoms with Crippen molar-refractivity contribution in [2.45, 2.75) is 118 Å². The molecule has 0 saturated heterocycles. The van der Waals surface area contributed by atoms with Gasteiger partial charge in [0.05, 0.1) is 0 Å². The Labute approximate surface area is 194 Å². The van der Waals surface area contributed by atoms with Crippen LogP contribution in [0, 0.1) is 76.4 Å². The zero-order valence-electron chi connectivity index (χ0n) is 21.3. The van der Waals surface area contributed by atoms with Crippen LogP contribution < -0.4 is 0 Å². The van der Waals surface area contributed by atoms with Gasteiger partial charge in [0.15, 0.2) is 0 Å². The molecule has 31 heavy (non-hydrogen) atoms. The molecule has 0 heterocycles. The zero-order chi connectivity index (χ0) is 21.3. The molecule has 176 valence electrons. The largest absolute Gasteiger partial charge is 0.0622 e. The Kier molecular flexibility index (Phi) is 5.59. The van der Waals surface area contributed by atoms with Crippen molar-refractivity contribution < 1.29 is 0 Å². The van der Waals surface area contributed by atoms with Crippen molar-refractivity contribution in [1.29, 1.82) is 0 Å². The highest BCUT2D eigenvalue weighted by molar-refractivity contribution is 5.08. The third-order valence-electron chi connectivity index (χ3n) is 13.0. The van der Waals surface area contributed by atoms with Gasteiger partial charge in [-0.05, 0) is 128 Å². The molecule has 0 aromatic rings. The lowest BCUT2D eigenvalue weighted by molar-refractivity contribution is -0.0358. The van der Waals surface area contributed by atoms with Gasteiger partial charge in [0.2, 0.25) is 0 Å². The molecule has 0 bridgehead atoms. The van der Waals surface area contributed by atoms with Gasteiger partial charge in [-0.3, -0.25) is 0 Å². The van der Waals surface area contributed by atoms with Gasteiger partial charge in [0.1, 0.15) is 0 Å². The Morgan fingerprint density at radius 3 is 1.32 bits per heavy atom. The lowest BCUT2D eigenvalue weighted by Crippen LogP contribution is -2.46. The second kappa shape index (κ2) is 8.05. The van der Waals surface area contributed by atoms with Crippen LogP contribution in [0.2, 0.25) is 0 Å². The van der Waals surface area contributed by atoms with Crippen LogP contribution in [-0.2, 0) is 0 Å². The molecule has 12 atom stereocenters. The van der Waals surface area contributed by atoms with Crippen molar-refractivity contribution in [3.8, 4) is 0 Å². The maximum absolute atomic E-state index is 2.79. The lowest BCUT2D eigenvalue weighted by Gasteiger charge is -2.52. The normalized spacial score (nSPS) is 54.6. The third kappa shape index (κ3) is 3.33. The third-order valence-corrected chi connectivity index (χ3v) is 13.0. The molecule has 6 aliphatic carbocycles. The predicted octanol–water partition coefficient (Wildman–Crippen LogP) is 8.99. The molecular weight excluding hydrogens is 372 g/mol. The van der Waals surface area contributed by atoms with Gasteiger partial charge < -0.3 is 0 Å². The molecule has 0 aromatic heterocycles. The SMILES string of the molecule is CC1CC2C3CCCCC3CCC2C1C(C)(C)C1C(C)CC2C3CCCCC3CCC21. The van der Waals surface area contributed by atoms with E-state index in [9.17, 15) is 0 Å². The quantitative estimate of drug-likeness (QED) is 0.415. The van der Waals surface area contributed by atoms with E-state index in [-0.39, 0.29) is 0 Å². The molecule has 6 aliphatic rings. The smallest absolute Gasteiger partial charge is 0.0287 e. The van der Waals surface area contributed by atoms with Gasteiger partial charge in [-0.1, -0.05) is 66.2 Å². The first-order valence-electron chi connectivity index (χ1n) is 15.0. The fourth-order valence-electron chi connectivity index (χ4n) is 12.6. The fourth-order valence-corrected chi connectivity index (χ4v) is 12.6. The van der Waals surface area contributed by atoms with Gasteiger partial charge >= 0.3 is 0 Å². The standard InChI is InChI=1S/C31H52/c1-19-17-27-23-11-7-5-9-21(23)13-15-25(27)29(19)31(3,4)30-20(2)18-28-24-12-8-6-10-22(24)14-16-26(28)30/h19-30H,5-18H2,1-4H3. The fraction of sp³-hybridized carbons (Fsp3) is 1.00. The van der Waals surface area contributed by atoms with E-state index in [1.165, 1.54) is 12.8 Å². The highest BCUT2D eigenvalue weighted by atomic mass is 14.6. The van der Waals surface area contributed by atoms with E-state index in [1.54, 1.807) is 77.0 Å². The molecule has 6 saturated carbocycles. The minimum atomic E-state index is 0.556. The van der Waals surface area contributed by atoms with E-state index in [0.29, 0.717) is 5.41 Å². The topological polar surface area (TPSA) is 0 Å². The molecule has 0 spiro atoms. The molecule has 0 nitrogen and oxygen atoms in total. The van der Waals surface area contributed by atoms with Crippen LogP contribution in [0.3, 0.4) is 0 Å². The van der Waals surface area contributed by atoms with Crippen LogP contribution in [-0.4, -0.2) is 0 Å². The molecule has 6 fully saturated rings. The number of fused-ring (bicyclic) bond motifs is 6. The van der Waals surface area contributed by atoms with Gasteiger partial charge in [-0.25, -0.2) is 0 Å². The Morgan fingerprint density at radius 1 is 0.452 bits per heavy atom. The first-order valence-corrected chi connectivity index (χ1v) is 15.0. The summed E-state index contributed by atoms with van der Waals surface area (Å²) in [5, 5.41) is 0. The summed E-state index contributed by atoms with van der Waals surface area (Å²) >= 11 is 0. The van der Waals surface area contributed by atoms with Gasteiger partial charge in [0, 0.05) is 0 Å². The summed E-state index contributed by atoms with van der Waals surface area (Å²) in [6, 6.07) is 0. The van der Waals surface area contributed by atoms with Gasteiger partial charge in [0.25, 0.3) is 0 Å². The molecule has 0 radical (unpaired) electrons. The molecule has 6 rings (SSSR count). The second-order valence-corrected chi connectivity index (χ2v) is 14.5. The van der Waals surface area contributed by atoms with Gasteiger partial charge in [-0.15, -0.1) is 0 Å². The van der Waals surface area contributed by atoms with Crippen molar-refractivity contribution in [2.75, 3.05) is 0 Å². The Hall–Kier alpha value is 0. The van der Waals surface area contributed by atoms with E-state index in [4.69, 9.17) is 0 Å². The summed E-state index contributed by atoms with van der Waals surface area (Å²) in [5.41, 5.74) is 0.556. The Bertz CT molecular complexity index is 592. The monoisotopic (exact) mass is 424 g/mol. The summed E-state index contributed by atoms with van der Waals surface area (Å²) in [7, 11) is 0. The summed E-state index contributed by atoms with van der Waals surface area (Å²) in [4.78, 5) is 0. The summed E-state index contributed by atoms with van der Waals surface area (Å²) in [5.74, 6) is 12.8. The Morgan fingerprint density at radius 2 is 0.871 bits per heavy atom. The number of hydrogen-bond donors (Lipinski definition) is 0. The van der Waals surface area contributed by atoms with E-state index in [1.807, 2.05) is 0 Å². The van der Waals surface area contributed by atoms with Crippen LogP contribution in [0.4, 0.5) is 0 Å². The van der Waals surface area contributed by atoms with E-state index < -0.39 is 0 Å². The highest BCUT2D eigenvalue weighted by Gasteiger charge is 2.60. The van der Waals surface area contributed by atoms with Crippen LogP contribution in [0.25, 0.3) is 0 Å². The second-order valence-electron chi connectivity index (χ2n) is 14.5. The maximum Gasteiger partial charge on any atom is -0.0287 e. The minimum Gasteiger partial charge on any atom is -0.0622 e. The average Bonchev–Trinajstić information content (AvgIpc) is 3.30. The highest BCUT2D eigenvalue weighted by Crippen LogP contribution is 2.67. The zero-order valence-corrected chi connectivity index (χ0v) is 21.3. The number of hydrogen-bond acceptors (Lipinski definition) is 0. The van der Waals surface area contributed by atoms with Crippen LogP contribution in [0.15, 0.2) is 0 Å². The van der Waals surface area contributed by atoms with E-state index in [2.05, 4.69) is 27.7 Å². The minimum absolute atomic E-state index is 0.556. The molecule has 0 amide bonds. The summed E-state index contributed by atoms with van der Waals surface area (Å²) < 4.78 is 0. The first-order chi connectivity index (χ1) is 15.0. The van der Waals surface area contributed by atoms with Crippen molar-refractivity contribution in [3.05, 3.63) is 0 Å². The van der Waals surface area contributed by atoms with Gasteiger partial charge in [-0.2, -0.15) is 0 Å². The maximum atomic E-state index is 2.79. The summed E-state index contributed by atoms with van der Waals surface area (Å²) in [6.07, 6.45) is 22.0. The molecule has 0 heteroatoms. The van der Waals surface area contributed by atoms with Crippen molar-refractivity contribution >= 4 is 0 Å². The van der Waals surface area contributed by atoms with Crippen LogP contribution in [0.5, 0.6) is 0 Å². The van der Waals surface area contributed by atoms with Crippen LogP contribution >= 0.6 is 0 Å². The molecule has 0 aromatic carbocycles. The van der Waals surface area contributed by atoms with Crippen molar-refractivity contribution in [1.82, 2.24) is 0 Å². The summed E-state index contributed by atoms with van der Waals surface area (Å²) in [6.45, 7) is 11.0. The van der Waals surface area contributed by atoms with Crippen molar-refractivity contribution in [3.63, 3.8) is 0 Å². The molecule has 0 N–H and O–H groups in total. The van der Waals surface area contributed by atoms with Crippen molar-refractivity contribution in [2.24, 2.45) is 76.4 Å².